The van der Waals surface area contributed by atoms with Crippen LogP contribution in [-0.4, -0.2) is 54.6 Å². The van der Waals surface area contributed by atoms with Crippen molar-refractivity contribution in [3.05, 3.63) is 36.0 Å². The van der Waals surface area contributed by atoms with Gasteiger partial charge in [-0.2, -0.15) is 0 Å². The van der Waals surface area contributed by atoms with Gasteiger partial charge >= 0.3 is 0 Å². The molecule has 8 nitrogen and oxygen atoms in total. The number of likely N-dealkylation sites (tertiary alicyclic amines) is 1. The summed E-state index contributed by atoms with van der Waals surface area (Å²) in [6, 6.07) is 7.50. The summed E-state index contributed by atoms with van der Waals surface area (Å²) in [5.41, 5.74) is 0.856. The van der Waals surface area contributed by atoms with Crippen LogP contribution < -0.4 is 9.46 Å². The van der Waals surface area contributed by atoms with Gasteiger partial charge in [0.25, 0.3) is 10.0 Å². The summed E-state index contributed by atoms with van der Waals surface area (Å²) in [4.78, 5) is 2.30. The van der Waals surface area contributed by atoms with Crippen LogP contribution in [-0.2, 0) is 23.6 Å². The number of aryl methyl sites for hydroxylation is 1. The van der Waals surface area contributed by atoms with E-state index in [-0.39, 0.29) is 17.7 Å². The van der Waals surface area contributed by atoms with Gasteiger partial charge in [0, 0.05) is 26.7 Å². The number of benzene rings is 1. The second-order valence-corrected chi connectivity index (χ2v) is 8.00. The molecule has 1 aliphatic heterocycles. The van der Waals surface area contributed by atoms with Crippen molar-refractivity contribution < 1.29 is 13.2 Å². The van der Waals surface area contributed by atoms with E-state index in [0.29, 0.717) is 0 Å². The van der Waals surface area contributed by atoms with Crippen LogP contribution in [0.1, 0.15) is 18.4 Å². The number of ether oxygens (including phenoxy) is 1. The number of hydrogen-bond acceptors (Lipinski definition) is 6. The minimum absolute atomic E-state index is 0.0368. The fourth-order valence-electron chi connectivity index (χ4n) is 2.76. The van der Waals surface area contributed by atoms with E-state index in [1.54, 1.807) is 0 Å². The Bertz CT molecular complexity index is 795. The summed E-state index contributed by atoms with van der Waals surface area (Å²) >= 11 is 0. The van der Waals surface area contributed by atoms with Gasteiger partial charge in [0.2, 0.25) is 0 Å². The number of nitrogens with zero attached hydrogens (tertiary/aromatic N) is 4. The Labute approximate surface area is 147 Å². The van der Waals surface area contributed by atoms with Crippen LogP contribution in [0.15, 0.2) is 35.5 Å². The lowest BCUT2D eigenvalue weighted by molar-refractivity contribution is 0.114. The molecule has 2 aromatic rings. The lowest BCUT2D eigenvalue weighted by Gasteiger charge is -2.29. The molecule has 136 valence electrons. The minimum Gasteiger partial charge on any atom is -0.490 e. The Hall–Kier alpha value is -1.97. The number of hydrogen-bond donors (Lipinski definition) is 1. The largest absolute Gasteiger partial charge is 0.490 e. The zero-order chi connectivity index (χ0) is 17.9. The highest BCUT2D eigenvalue weighted by Crippen LogP contribution is 2.19. The molecule has 2 heterocycles. The van der Waals surface area contributed by atoms with E-state index in [1.807, 2.05) is 24.3 Å². The van der Waals surface area contributed by atoms with Crippen molar-refractivity contribution in [1.29, 1.82) is 0 Å². The van der Waals surface area contributed by atoms with Crippen molar-refractivity contribution in [1.82, 2.24) is 24.6 Å². The van der Waals surface area contributed by atoms with Crippen LogP contribution in [0.25, 0.3) is 0 Å². The predicted octanol–water partition coefficient (Wildman–Crippen LogP) is 0.767. The monoisotopic (exact) mass is 365 g/mol. The second kappa shape index (κ2) is 7.51. The lowest BCUT2D eigenvalue weighted by Crippen LogP contribution is -2.35. The quantitative estimate of drug-likeness (QED) is 0.813. The molecular formula is C16H23N5O3S. The molecule has 9 heteroatoms. The molecule has 1 aliphatic rings. The summed E-state index contributed by atoms with van der Waals surface area (Å²) < 4.78 is 34.2. The normalized spacial score (nSPS) is 16.9. The van der Waals surface area contributed by atoms with Crippen LogP contribution in [0, 0.1) is 0 Å². The fourth-order valence-corrected chi connectivity index (χ4v) is 3.83. The van der Waals surface area contributed by atoms with Gasteiger partial charge in [0.15, 0.2) is 5.03 Å². The molecule has 0 radical (unpaired) electrons. The van der Waals surface area contributed by atoms with Crippen molar-refractivity contribution in [2.45, 2.75) is 30.5 Å². The fraction of sp³-hybridized carbons (Fsp3) is 0.500. The molecule has 0 atom stereocenters. The Kier molecular flexibility index (Phi) is 5.36. The Balaban J connectivity index is 1.55. The van der Waals surface area contributed by atoms with Crippen molar-refractivity contribution >= 4 is 10.0 Å². The molecule has 25 heavy (non-hydrogen) atoms. The maximum Gasteiger partial charge on any atom is 0.259 e. The van der Waals surface area contributed by atoms with Crippen LogP contribution >= 0.6 is 0 Å². The maximum absolute atomic E-state index is 12.2. The lowest BCUT2D eigenvalue weighted by atomic mass is 10.1. The van der Waals surface area contributed by atoms with Gasteiger partial charge in [0.05, 0.1) is 6.20 Å². The predicted molar refractivity (Wildman–Crippen MR) is 92.6 cm³/mol. The van der Waals surface area contributed by atoms with E-state index in [2.05, 4.69) is 27.0 Å². The highest BCUT2D eigenvalue weighted by atomic mass is 32.2. The number of piperidine rings is 1. The SMILES string of the molecule is CN1CCC(Oc2ccc(CNS(=O)(=O)c3cnnn3C)cc2)CC1. The number of nitrogens with one attached hydrogen (secondary N) is 1. The zero-order valence-corrected chi connectivity index (χ0v) is 15.2. The third-order valence-electron chi connectivity index (χ3n) is 4.31. The second-order valence-electron chi connectivity index (χ2n) is 6.28. The molecule has 1 saturated heterocycles. The standard InChI is InChI=1S/C16H23N5O3S/c1-20-9-7-15(8-10-20)24-14-5-3-13(4-6-14)11-18-25(22,23)16-12-17-19-21(16)2/h3-6,12,15,18H,7-11H2,1-2H3. The summed E-state index contributed by atoms with van der Waals surface area (Å²) in [6.07, 6.45) is 3.52. The van der Waals surface area contributed by atoms with E-state index in [0.717, 1.165) is 37.2 Å². The van der Waals surface area contributed by atoms with Crippen LogP contribution in [0.2, 0.25) is 0 Å². The topological polar surface area (TPSA) is 89.3 Å². The van der Waals surface area contributed by atoms with Gasteiger partial charge in [-0.25, -0.2) is 17.8 Å². The maximum atomic E-state index is 12.2. The summed E-state index contributed by atoms with van der Waals surface area (Å²) in [6.45, 7) is 2.29. The Morgan fingerprint density at radius 2 is 1.88 bits per heavy atom. The molecule has 1 N–H and O–H groups in total. The van der Waals surface area contributed by atoms with Gasteiger partial charge in [0.1, 0.15) is 11.9 Å². The molecule has 0 amide bonds. The number of aromatic nitrogens is 3. The molecule has 1 aromatic carbocycles. The molecule has 0 unspecified atom stereocenters. The highest BCUT2D eigenvalue weighted by molar-refractivity contribution is 7.89. The zero-order valence-electron chi connectivity index (χ0n) is 14.4. The van der Waals surface area contributed by atoms with Crippen LogP contribution in [0.5, 0.6) is 5.75 Å². The molecule has 3 rings (SSSR count). The van der Waals surface area contributed by atoms with Gasteiger partial charge in [-0.1, -0.05) is 17.3 Å². The highest BCUT2D eigenvalue weighted by Gasteiger charge is 2.19. The Morgan fingerprint density at radius 3 is 2.48 bits per heavy atom. The third-order valence-corrected chi connectivity index (χ3v) is 5.75. The van der Waals surface area contributed by atoms with Crippen LogP contribution in [0.4, 0.5) is 0 Å². The molecular weight excluding hydrogens is 342 g/mol. The van der Waals surface area contributed by atoms with E-state index in [1.165, 1.54) is 17.9 Å². The first-order valence-corrected chi connectivity index (χ1v) is 9.71. The molecule has 0 spiro atoms. The first-order chi connectivity index (χ1) is 11.9. The molecule has 0 saturated carbocycles. The average molecular weight is 365 g/mol. The van der Waals surface area contributed by atoms with Crippen molar-refractivity contribution in [3.63, 3.8) is 0 Å². The smallest absolute Gasteiger partial charge is 0.259 e. The summed E-state index contributed by atoms with van der Waals surface area (Å²) in [7, 11) is 0.0253. The van der Waals surface area contributed by atoms with Crippen LogP contribution in [0.3, 0.4) is 0 Å². The van der Waals surface area contributed by atoms with Gasteiger partial charge in [-0.15, -0.1) is 5.10 Å². The molecule has 0 bridgehead atoms. The van der Waals surface area contributed by atoms with Gasteiger partial charge in [-0.05, 0) is 37.6 Å². The van der Waals surface area contributed by atoms with Gasteiger partial charge in [-0.3, -0.25) is 0 Å². The molecule has 0 aliphatic carbocycles. The van der Waals surface area contributed by atoms with Crippen molar-refractivity contribution in [2.24, 2.45) is 7.05 Å². The first-order valence-electron chi connectivity index (χ1n) is 8.22. The summed E-state index contributed by atoms with van der Waals surface area (Å²) in [5, 5.41) is 7.26. The first kappa shape index (κ1) is 17.8. The number of sulfonamides is 1. The van der Waals surface area contributed by atoms with E-state index in [4.69, 9.17) is 4.74 Å². The van der Waals surface area contributed by atoms with E-state index in [9.17, 15) is 8.42 Å². The van der Waals surface area contributed by atoms with E-state index < -0.39 is 10.0 Å². The minimum atomic E-state index is -3.63. The van der Waals surface area contributed by atoms with Gasteiger partial charge < -0.3 is 9.64 Å². The summed E-state index contributed by atoms with van der Waals surface area (Å²) in [5.74, 6) is 0.817. The van der Waals surface area contributed by atoms with Crippen molar-refractivity contribution in [3.8, 4) is 5.75 Å². The average Bonchev–Trinajstić information content (AvgIpc) is 3.03. The number of rotatable bonds is 6. The van der Waals surface area contributed by atoms with E-state index >= 15 is 0 Å². The molecule has 1 fully saturated rings. The third kappa shape index (κ3) is 4.56. The van der Waals surface area contributed by atoms with Crippen molar-refractivity contribution in [2.75, 3.05) is 20.1 Å². The molecule has 1 aromatic heterocycles. The Morgan fingerprint density at radius 1 is 1.20 bits per heavy atom.